The average molecular weight is 380 g/mol. The predicted molar refractivity (Wildman–Crippen MR) is 108 cm³/mol. The van der Waals surface area contributed by atoms with Gasteiger partial charge in [0, 0.05) is 33.7 Å². The minimum atomic E-state index is -0.283. The van der Waals surface area contributed by atoms with E-state index in [-0.39, 0.29) is 11.7 Å². The third kappa shape index (κ3) is 4.71. The van der Waals surface area contributed by atoms with Gasteiger partial charge in [0.2, 0.25) is 0 Å². The van der Waals surface area contributed by atoms with Crippen molar-refractivity contribution in [1.82, 2.24) is 4.98 Å². The molecule has 0 bridgehead atoms. The molecular weight excluding hydrogens is 362 g/mol. The van der Waals surface area contributed by atoms with E-state index in [2.05, 4.69) is 15.6 Å². The van der Waals surface area contributed by atoms with E-state index in [0.29, 0.717) is 27.7 Å². The summed E-state index contributed by atoms with van der Waals surface area (Å²) in [6.07, 6.45) is 1.56. The molecule has 1 heterocycles. The summed E-state index contributed by atoms with van der Waals surface area (Å²) in [6.45, 7) is 3.42. The molecule has 1 aromatic heterocycles. The Balaban J connectivity index is 1.77. The van der Waals surface area contributed by atoms with Gasteiger partial charge in [0.25, 0.3) is 5.91 Å². The smallest absolute Gasteiger partial charge is 0.255 e. The van der Waals surface area contributed by atoms with Crippen LogP contribution >= 0.6 is 11.6 Å². The molecule has 0 unspecified atom stereocenters. The molecule has 0 aliphatic rings. The molecular formula is C21H18ClN3O2. The Morgan fingerprint density at radius 3 is 2.56 bits per heavy atom. The second-order valence-electron chi connectivity index (χ2n) is 6.11. The largest absolute Gasteiger partial charge is 0.340 e. The minimum Gasteiger partial charge on any atom is -0.340 e. The number of aromatic nitrogens is 1. The summed E-state index contributed by atoms with van der Waals surface area (Å²) in [7, 11) is 0. The monoisotopic (exact) mass is 379 g/mol. The first-order valence-corrected chi connectivity index (χ1v) is 8.72. The number of amides is 1. The molecule has 0 aliphatic carbocycles. The van der Waals surface area contributed by atoms with Crippen LogP contribution in [0.15, 0.2) is 60.8 Å². The highest BCUT2D eigenvalue weighted by Crippen LogP contribution is 2.23. The highest BCUT2D eigenvalue weighted by molar-refractivity contribution is 6.30. The summed E-state index contributed by atoms with van der Waals surface area (Å²) >= 11 is 5.98. The zero-order valence-corrected chi connectivity index (χ0v) is 15.7. The molecule has 5 nitrogen and oxygen atoms in total. The fraction of sp³-hybridized carbons (Fsp3) is 0.0952. The van der Waals surface area contributed by atoms with E-state index in [1.54, 1.807) is 48.7 Å². The zero-order chi connectivity index (χ0) is 19.4. The number of nitrogens with one attached hydrogen (secondary N) is 2. The maximum atomic E-state index is 12.5. The van der Waals surface area contributed by atoms with E-state index in [9.17, 15) is 9.59 Å². The van der Waals surface area contributed by atoms with Crippen molar-refractivity contribution in [2.24, 2.45) is 0 Å². The van der Waals surface area contributed by atoms with E-state index < -0.39 is 0 Å². The second kappa shape index (κ2) is 8.01. The highest BCUT2D eigenvalue weighted by atomic mass is 35.5. The number of anilines is 3. The molecule has 0 fully saturated rings. The normalized spacial score (nSPS) is 10.3. The van der Waals surface area contributed by atoms with Crippen LogP contribution in [0.3, 0.4) is 0 Å². The van der Waals surface area contributed by atoms with Gasteiger partial charge in [-0.3, -0.25) is 9.59 Å². The number of benzene rings is 2. The number of rotatable bonds is 5. The molecule has 136 valence electrons. The number of carbonyl (C=O) groups excluding carboxylic acids is 2. The molecule has 3 aromatic rings. The number of hydrogen-bond donors (Lipinski definition) is 2. The van der Waals surface area contributed by atoms with Gasteiger partial charge < -0.3 is 10.6 Å². The lowest BCUT2D eigenvalue weighted by atomic mass is 10.1. The van der Waals surface area contributed by atoms with Crippen LogP contribution in [0, 0.1) is 6.92 Å². The number of halogens is 1. The summed E-state index contributed by atoms with van der Waals surface area (Å²) in [5, 5.41) is 6.65. The molecule has 0 saturated carbocycles. The molecule has 0 spiro atoms. The Labute approximate surface area is 162 Å². The van der Waals surface area contributed by atoms with E-state index >= 15 is 0 Å². The van der Waals surface area contributed by atoms with Crippen molar-refractivity contribution < 1.29 is 9.59 Å². The standard InChI is InChI=1S/C21H18ClN3O2/c1-13-10-17(22)6-7-19(13)25-20-12-16(8-9-23-20)21(27)24-18-5-3-4-15(11-18)14(2)26/h3-12H,1-2H3,(H,23,25)(H,24,27). The van der Waals surface area contributed by atoms with Crippen LogP contribution in [0.5, 0.6) is 0 Å². The zero-order valence-electron chi connectivity index (χ0n) is 14.9. The predicted octanol–water partition coefficient (Wildman–Crippen LogP) is 5.24. The van der Waals surface area contributed by atoms with E-state index in [1.165, 1.54) is 6.92 Å². The first kappa shape index (κ1) is 18.6. The SMILES string of the molecule is CC(=O)c1cccc(NC(=O)c2ccnc(Nc3ccc(Cl)cc3C)c2)c1. The number of nitrogens with zero attached hydrogens (tertiary/aromatic N) is 1. The molecule has 2 N–H and O–H groups in total. The fourth-order valence-electron chi connectivity index (χ4n) is 2.56. The Morgan fingerprint density at radius 2 is 1.81 bits per heavy atom. The van der Waals surface area contributed by atoms with E-state index in [1.807, 2.05) is 19.1 Å². The topological polar surface area (TPSA) is 71.1 Å². The molecule has 1 amide bonds. The molecule has 0 atom stereocenters. The van der Waals surface area contributed by atoms with Gasteiger partial charge in [-0.1, -0.05) is 23.7 Å². The van der Waals surface area contributed by atoms with Gasteiger partial charge in [-0.05, 0) is 61.9 Å². The Bertz CT molecular complexity index is 1020. The Morgan fingerprint density at radius 1 is 1.00 bits per heavy atom. The maximum Gasteiger partial charge on any atom is 0.255 e. The molecule has 3 rings (SSSR count). The van der Waals surface area contributed by atoms with Crippen LogP contribution < -0.4 is 10.6 Å². The summed E-state index contributed by atoms with van der Waals surface area (Å²) in [4.78, 5) is 28.3. The van der Waals surface area contributed by atoms with Crippen LogP contribution in [0.1, 0.15) is 33.2 Å². The molecule has 2 aromatic carbocycles. The Kier molecular flexibility index (Phi) is 5.52. The molecule has 27 heavy (non-hydrogen) atoms. The van der Waals surface area contributed by atoms with Crippen LogP contribution in [0.25, 0.3) is 0 Å². The lowest BCUT2D eigenvalue weighted by Crippen LogP contribution is -2.13. The summed E-state index contributed by atoms with van der Waals surface area (Å²) in [5.41, 5.74) is 3.39. The Hall–Kier alpha value is -3.18. The van der Waals surface area contributed by atoms with Crippen molar-refractivity contribution in [3.8, 4) is 0 Å². The fourth-order valence-corrected chi connectivity index (χ4v) is 2.79. The second-order valence-corrected chi connectivity index (χ2v) is 6.54. The van der Waals surface area contributed by atoms with Gasteiger partial charge in [-0.25, -0.2) is 4.98 Å². The van der Waals surface area contributed by atoms with Crippen molar-refractivity contribution >= 4 is 40.5 Å². The van der Waals surface area contributed by atoms with Crippen LogP contribution in [0.2, 0.25) is 5.02 Å². The van der Waals surface area contributed by atoms with Gasteiger partial charge in [-0.2, -0.15) is 0 Å². The molecule has 0 aliphatic heterocycles. The summed E-state index contributed by atoms with van der Waals surface area (Å²) < 4.78 is 0. The van der Waals surface area contributed by atoms with Gasteiger partial charge in [0.15, 0.2) is 5.78 Å². The first-order valence-electron chi connectivity index (χ1n) is 8.34. The van der Waals surface area contributed by atoms with Crippen molar-refractivity contribution in [1.29, 1.82) is 0 Å². The number of Topliss-reactive ketones (excluding diaryl/α,β-unsaturated/α-hetero) is 1. The van der Waals surface area contributed by atoms with Crippen LogP contribution in [-0.4, -0.2) is 16.7 Å². The van der Waals surface area contributed by atoms with Crippen molar-refractivity contribution in [2.75, 3.05) is 10.6 Å². The van der Waals surface area contributed by atoms with Crippen LogP contribution in [0.4, 0.5) is 17.2 Å². The van der Waals surface area contributed by atoms with Crippen molar-refractivity contribution in [3.63, 3.8) is 0 Å². The summed E-state index contributed by atoms with van der Waals surface area (Å²) in [6, 6.07) is 15.6. The lowest BCUT2D eigenvalue weighted by Gasteiger charge is -2.11. The maximum absolute atomic E-state index is 12.5. The number of aryl methyl sites for hydroxylation is 1. The quantitative estimate of drug-likeness (QED) is 0.594. The van der Waals surface area contributed by atoms with E-state index in [4.69, 9.17) is 11.6 Å². The van der Waals surface area contributed by atoms with Crippen molar-refractivity contribution in [2.45, 2.75) is 13.8 Å². The van der Waals surface area contributed by atoms with Gasteiger partial charge in [-0.15, -0.1) is 0 Å². The summed E-state index contributed by atoms with van der Waals surface area (Å²) in [5.74, 6) is 0.208. The lowest BCUT2D eigenvalue weighted by molar-refractivity contribution is 0.101. The highest BCUT2D eigenvalue weighted by Gasteiger charge is 2.09. The molecule has 0 radical (unpaired) electrons. The number of carbonyl (C=O) groups is 2. The number of hydrogen-bond acceptors (Lipinski definition) is 4. The first-order chi connectivity index (χ1) is 12.9. The van der Waals surface area contributed by atoms with Crippen LogP contribution in [-0.2, 0) is 0 Å². The van der Waals surface area contributed by atoms with Crippen molar-refractivity contribution in [3.05, 3.63) is 82.5 Å². The molecule has 0 saturated heterocycles. The third-order valence-electron chi connectivity index (χ3n) is 4.00. The minimum absolute atomic E-state index is 0.0557. The average Bonchev–Trinajstić information content (AvgIpc) is 2.64. The van der Waals surface area contributed by atoms with Gasteiger partial charge in [0.05, 0.1) is 0 Å². The number of ketones is 1. The number of pyridine rings is 1. The van der Waals surface area contributed by atoms with E-state index in [0.717, 1.165) is 11.3 Å². The molecule has 6 heteroatoms. The van der Waals surface area contributed by atoms with Gasteiger partial charge in [0.1, 0.15) is 5.82 Å². The third-order valence-corrected chi connectivity index (χ3v) is 4.24. The van der Waals surface area contributed by atoms with Gasteiger partial charge >= 0.3 is 0 Å².